The van der Waals surface area contributed by atoms with E-state index in [2.05, 4.69) is 13.8 Å². The summed E-state index contributed by atoms with van der Waals surface area (Å²) in [6.07, 6.45) is 0.352. The van der Waals surface area contributed by atoms with Crippen LogP contribution in [0.2, 0.25) is 0 Å². The normalized spacial score (nSPS) is 17.1. The average molecular weight is 249 g/mol. The molecule has 1 aliphatic rings. The Balaban J connectivity index is 2.23. The van der Waals surface area contributed by atoms with Gasteiger partial charge in [-0.1, -0.05) is 13.8 Å². The molecule has 0 amide bonds. The van der Waals surface area contributed by atoms with Crippen molar-refractivity contribution in [1.29, 1.82) is 0 Å². The zero-order valence-electron chi connectivity index (χ0n) is 10.9. The fourth-order valence-electron chi connectivity index (χ4n) is 1.78. The molecule has 2 rings (SSSR count). The number of carbonyl (C=O) groups excluding carboxylic acids is 1. The summed E-state index contributed by atoms with van der Waals surface area (Å²) >= 11 is 0. The standard InChI is InChI=1S/C14H19NO3/c1-14(2)8-17-12-4-3-10(11(16)5-6-15)7-13(12)18-9-14/h3-4,7H,5-6,8-9,15H2,1-2H3. The third kappa shape index (κ3) is 2.82. The summed E-state index contributed by atoms with van der Waals surface area (Å²) in [5, 5.41) is 0. The van der Waals surface area contributed by atoms with Crippen molar-refractivity contribution in [2.75, 3.05) is 19.8 Å². The fraction of sp³-hybridized carbons (Fsp3) is 0.500. The molecule has 0 spiro atoms. The fourth-order valence-corrected chi connectivity index (χ4v) is 1.78. The maximum Gasteiger partial charge on any atom is 0.164 e. The van der Waals surface area contributed by atoms with E-state index in [1.807, 2.05) is 0 Å². The Labute approximate surface area is 107 Å². The second-order valence-corrected chi connectivity index (χ2v) is 5.36. The molecule has 18 heavy (non-hydrogen) atoms. The van der Waals surface area contributed by atoms with E-state index in [0.29, 0.717) is 43.2 Å². The van der Waals surface area contributed by atoms with Gasteiger partial charge in [-0.15, -0.1) is 0 Å². The molecule has 0 aliphatic carbocycles. The second-order valence-electron chi connectivity index (χ2n) is 5.36. The van der Waals surface area contributed by atoms with Gasteiger partial charge in [0.05, 0.1) is 13.2 Å². The van der Waals surface area contributed by atoms with Crippen molar-refractivity contribution in [2.24, 2.45) is 11.1 Å². The summed E-state index contributed by atoms with van der Waals surface area (Å²) in [6.45, 7) is 5.71. The van der Waals surface area contributed by atoms with E-state index >= 15 is 0 Å². The maximum atomic E-state index is 11.8. The van der Waals surface area contributed by atoms with Gasteiger partial charge in [0.2, 0.25) is 0 Å². The average Bonchev–Trinajstić information content (AvgIpc) is 2.49. The highest BCUT2D eigenvalue weighted by Gasteiger charge is 2.25. The number of rotatable bonds is 3. The van der Waals surface area contributed by atoms with Crippen molar-refractivity contribution in [2.45, 2.75) is 20.3 Å². The Bertz CT molecular complexity index is 454. The van der Waals surface area contributed by atoms with Crippen LogP contribution in [0.25, 0.3) is 0 Å². The molecule has 4 nitrogen and oxygen atoms in total. The number of benzene rings is 1. The molecule has 2 N–H and O–H groups in total. The van der Waals surface area contributed by atoms with Gasteiger partial charge in [0.25, 0.3) is 0 Å². The first-order chi connectivity index (χ1) is 8.52. The van der Waals surface area contributed by atoms with Crippen LogP contribution in [0.1, 0.15) is 30.6 Å². The summed E-state index contributed by atoms with van der Waals surface area (Å²) < 4.78 is 11.4. The molecular formula is C14H19NO3. The number of ether oxygens (including phenoxy) is 2. The maximum absolute atomic E-state index is 11.8. The highest BCUT2D eigenvalue weighted by Crippen LogP contribution is 2.34. The molecule has 0 radical (unpaired) electrons. The predicted molar refractivity (Wildman–Crippen MR) is 69.2 cm³/mol. The van der Waals surface area contributed by atoms with Crippen LogP contribution in [0.15, 0.2) is 18.2 Å². The van der Waals surface area contributed by atoms with Crippen LogP contribution in [0, 0.1) is 5.41 Å². The van der Waals surface area contributed by atoms with Gasteiger partial charge in [-0.2, -0.15) is 0 Å². The van der Waals surface area contributed by atoms with Crippen LogP contribution >= 0.6 is 0 Å². The Morgan fingerprint density at radius 2 is 1.94 bits per heavy atom. The smallest absolute Gasteiger partial charge is 0.164 e. The highest BCUT2D eigenvalue weighted by molar-refractivity contribution is 5.96. The molecule has 98 valence electrons. The summed E-state index contributed by atoms with van der Waals surface area (Å²) in [7, 11) is 0. The molecule has 0 bridgehead atoms. The van der Waals surface area contributed by atoms with Crippen molar-refractivity contribution >= 4 is 5.78 Å². The van der Waals surface area contributed by atoms with Gasteiger partial charge >= 0.3 is 0 Å². The van der Waals surface area contributed by atoms with E-state index in [1.54, 1.807) is 18.2 Å². The van der Waals surface area contributed by atoms with Crippen molar-refractivity contribution in [1.82, 2.24) is 0 Å². The van der Waals surface area contributed by atoms with E-state index < -0.39 is 0 Å². The lowest BCUT2D eigenvalue weighted by Crippen LogP contribution is -2.26. The van der Waals surface area contributed by atoms with Gasteiger partial charge < -0.3 is 15.2 Å². The molecule has 1 heterocycles. The molecule has 1 aliphatic heterocycles. The minimum atomic E-state index is -0.0273. The van der Waals surface area contributed by atoms with Crippen LogP contribution in [0.5, 0.6) is 11.5 Å². The van der Waals surface area contributed by atoms with E-state index in [4.69, 9.17) is 15.2 Å². The highest BCUT2D eigenvalue weighted by atomic mass is 16.5. The zero-order chi connectivity index (χ0) is 13.2. The molecular weight excluding hydrogens is 230 g/mol. The topological polar surface area (TPSA) is 61.5 Å². The lowest BCUT2D eigenvalue weighted by molar-refractivity contribution is 0.0985. The third-order valence-electron chi connectivity index (χ3n) is 2.87. The zero-order valence-corrected chi connectivity index (χ0v) is 10.9. The second kappa shape index (κ2) is 4.98. The molecule has 0 atom stereocenters. The first-order valence-electron chi connectivity index (χ1n) is 6.15. The van der Waals surface area contributed by atoms with Crippen LogP contribution < -0.4 is 15.2 Å². The largest absolute Gasteiger partial charge is 0.489 e. The molecule has 1 aromatic carbocycles. The number of hydrogen-bond donors (Lipinski definition) is 1. The number of fused-ring (bicyclic) bond motifs is 1. The lowest BCUT2D eigenvalue weighted by Gasteiger charge is -2.19. The Hall–Kier alpha value is -1.55. The number of carbonyl (C=O) groups is 1. The van der Waals surface area contributed by atoms with Crippen molar-refractivity contribution in [3.8, 4) is 11.5 Å². The molecule has 0 fully saturated rings. The van der Waals surface area contributed by atoms with Gasteiger partial charge in [-0.3, -0.25) is 4.79 Å². The first-order valence-corrected chi connectivity index (χ1v) is 6.15. The van der Waals surface area contributed by atoms with Crippen molar-refractivity contribution in [3.05, 3.63) is 23.8 Å². The van der Waals surface area contributed by atoms with Gasteiger partial charge in [-0.05, 0) is 24.7 Å². The summed E-state index contributed by atoms with van der Waals surface area (Å²) in [5.74, 6) is 1.38. The number of Topliss-reactive ketones (excluding diaryl/α,β-unsaturated/α-hetero) is 1. The van der Waals surface area contributed by atoms with E-state index in [1.165, 1.54) is 0 Å². The van der Waals surface area contributed by atoms with Crippen LogP contribution in [-0.4, -0.2) is 25.5 Å². The number of hydrogen-bond acceptors (Lipinski definition) is 4. The van der Waals surface area contributed by atoms with Gasteiger partial charge in [-0.25, -0.2) is 0 Å². The Morgan fingerprint density at radius 3 is 2.61 bits per heavy atom. The van der Waals surface area contributed by atoms with Gasteiger partial charge in [0, 0.05) is 17.4 Å². The Kier molecular flexibility index (Phi) is 3.57. The van der Waals surface area contributed by atoms with E-state index in [0.717, 1.165) is 0 Å². The van der Waals surface area contributed by atoms with Gasteiger partial charge in [0.15, 0.2) is 17.3 Å². The van der Waals surface area contributed by atoms with Crippen molar-refractivity contribution < 1.29 is 14.3 Å². The van der Waals surface area contributed by atoms with Gasteiger partial charge in [0.1, 0.15) is 0 Å². The van der Waals surface area contributed by atoms with Crippen LogP contribution in [-0.2, 0) is 0 Å². The molecule has 4 heteroatoms. The summed E-state index contributed by atoms with van der Waals surface area (Å²) in [6, 6.07) is 5.30. The van der Waals surface area contributed by atoms with E-state index in [9.17, 15) is 4.79 Å². The molecule has 0 unspecified atom stereocenters. The predicted octanol–water partition coefficient (Wildman–Crippen LogP) is 2.02. The van der Waals surface area contributed by atoms with Crippen molar-refractivity contribution in [3.63, 3.8) is 0 Å². The third-order valence-corrected chi connectivity index (χ3v) is 2.87. The molecule has 0 aromatic heterocycles. The minimum absolute atomic E-state index is 0.0273. The number of ketones is 1. The molecule has 0 saturated carbocycles. The first kappa shape index (κ1) is 12.9. The van der Waals surface area contributed by atoms with Crippen LogP contribution in [0.4, 0.5) is 0 Å². The SMILES string of the molecule is CC1(C)COc2ccc(C(=O)CCN)cc2OC1. The summed E-state index contributed by atoms with van der Waals surface area (Å²) in [5.41, 5.74) is 5.99. The minimum Gasteiger partial charge on any atom is -0.489 e. The molecule has 1 aromatic rings. The monoisotopic (exact) mass is 249 g/mol. The number of nitrogens with two attached hydrogens (primary N) is 1. The quantitative estimate of drug-likeness (QED) is 0.832. The lowest BCUT2D eigenvalue weighted by atomic mass is 9.97. The van der Waals surface area contributed by atoms with Crippen LogP contribution in [0.3, 0.4) is 0 Å². The Morgan fingerprint density at radius 1 is 1.28 bits per heavy atom. The molecule has 0 saturated heterocycles. The van der Waals surface area contributed by atoms with E-state index in [-0.39, 0.29) is 11.2 Å². The summed E-state index contributed by atoms with van der Waals surface area (Å²) in [4.78, 5) is 11.8.